The predicted octanol–water partition coefficient (Wildman–Crippen LogP) is 0.609. The molecule has 0 aliphatic carbocycles. The second kappa shape index (κ2) is 4.94. The maximum absolute atomic E-state index is 11.4. The van der Waals surface area contributed by atoms with E-state index in [0.717, 1.165) is 32.5 Å². The highest BCUT2D eigenvalue weighted by atomic mass is 16.5. The standard InChI is InChI=1S/C11H22N2O2/c1-11(2,10(14)15-3)5-7-13-6-4-9(12)8-13/h9H,4-8,12H2,1-3H3. The van der Waals surface area contributed by atoms with E-state index < -0.39 is 0 Å². The van der Waals surface area contributed by atoms with E-state index in [4.69, 9.17) is 10.5 Å². The molecule has 2 N–H and O–H groups in total. The first kappa shape index (κ1) is 12.5. The first-order valence-corrected chi connectivity index (χ1v) is 5.52. The number of hydrogen-bond donors (Lipinski definition) is 1. The van der Waals surface area contributed by atoms with Gasteiger partial charge in [-0.25, -0.2) is 0 Å². The van der Waals surface area contributed by atoms with Gasteiger partial charge in [0.15, 0.2) is 0 Å². The van der Waals surface area contributed by atoms with E-state index in [0.29, 0.717) is 6.04 Å². The van der Waals surface area contributed by atoms with Crippen LogP contribution < -0.4 is 5.73 Å². The summed E-state index contributed by atoms with van der Waals surface area (Å²) in [5.74, 6) is -0.133. The molecule has 1 aliphatic rings. The van der Waals surface area contributed by atoms with Crippen LogP contribution in [0, 0.1) is 5.41 Å². The van der Waals surface area contributed by atoms with Crippen molar-refractivity contribution in [2.24, 2.45) is 11.1 Å². The van der Waals surface area contributed by atoms with Gasteiger partial charge in [-0.3, -0.25) is 4.79 Å². The van der Waals surface area contributed by atoms with Gasteiger partial charge >= 0.3 is 5.97 Å². The molecule has 1 heterocycles. The molecule has 0 bridgehead atoms. The van der Waals surface area contributed by atoms with Crippen molar-refractivity contribution >= 4 is 5.97 Å². The molecule has 1 fully saturated rings. The lowest BCUT2D eigenvalue weighted by molar-refractivity contribution is -0.151. The Morgan fingerprint density at radius 2 is 2.27 bits per heavy atom. The Bertz CT molecular complexity index is 229. The summed E-state index contributed by atoms with van der Waals surface area (Å²) in [4.78, 5) is 13.8. The number of ether oxygens (including phenoxy) is 1. The molecule has 0 aromatic rings. The molecule has 88 valence electrons. The average molecular weight is 214 g/mol. The molecule has 0 spiro atoms. The van der Waals surface area contributed by atoms with Crippen molar-refractivity contribution in [3.05, 3.63) is 0 Å². The Kier molecular flexibility index (Phi) is 4.11. The van der Waals surface area contributed by atoms with Gasteiger partial charge < -0.3 is 15.4 Å². The maximum atomic E-state index is 11.4. The average Bonchev–Trinajstić information content (AvgIpc) is 2.60. The Morgan fingerprint density at radius 1 is 1.60 bits per heavy atom. The number of carbonyl (C=O) groups is 1. The summed E-state index contributed by atoms with van der Waals surface area (Å²) in [7, 11) is 1.44. The van der Waals surface area contributed by atoms with E-state index in [1.54, 1.807) is 0 Å². The molecule has 4 nitrogen and oxygen atoms in total. The number of likely N-dealkylation sites (tertiary alicyclic amines) is 1. The third-order valence-corrected chi connectivity index (χ3v) is 3.10. The van der Waals surface area contributed by atoms with Crippen LogP contribution in [0.25, 0.3) is 0 Å². The number of hydrogen-bond acceptors (Lipinski definition) is 4. The Hall–Kier alpha value is -0.610. The van der Waals surface area contributed by atoms with Crippen LogP contribution in [0.2, 0.25) is 0 Å². The minimum Gasteiger partial charge on any atom is -0.469 e. The van der Waals surface area contributed by atoms with E-state index in [-0.39, 0.29) is 11.4 Å². The lowest BCUT2D eigenvalue weighted by Crippen LogP contribution is -2.33. The zero-order chi connectivity index (χ0) is 11.5. The van der Waals surface area contributed by atoms with Crippen LogP contribution >= 0.6 is 0 Å². The summed E-state index contributed by atoms with van der Waals surface area (Å²) >= 11 is 0. The fraction of sp³-hybridized carbons (Fsp3) is 0.909. The largest absolute Gasteiger partial charge is 0.469 e. The van der Waals surface area contributed by atoms with Crippen molar-refractivity contribution in [2.75, 3.05) is 26.7 Å². The van der Waals surface area contributed by atoms with Crippen molar-refractivity contribution in [3.8, 4) is 0 Å². The molecule has 1 rings (SSSR count). The van der Waals surface area contributed by atoms with Gasteiger partial charge in [-0.1, -0.05) is 0 Å². The molecule has 4 heteroatoms. The van der Waals surface area contributed by atoms with Gasteiger partial charge in [-0.15, -0.1) is 0 Å². The third kappa shape index (κ3) is 3.47. The third-order valence-electron chi connectivity index (χ3n) is 3.10. The minimum absolute atomic E-state index is 0.133. The highest BCUT2D eigenvalue weighted by Crippen LogP contribution is 2.23. The quantitative estimate of drug-likeness (QED) is 0.697. The lowest BCUT2D eigenvalue weighted by Gasteiger charge is -2.24. The zero-order valence-electron chi connectivity index (χ0n) is 9.95. The Balaban J connectivity index is 2.32. The van der Waals surface area contributed by atoms with E-state index in [1.807, 2.05) is 13.8 Å². The number of carbonyl (C=O) groups excluding carboxylic acids is 1. The van der Waals surface area contributed by atoms with Gasteiger partial charge in [-0.05, 0) is 39.8 Å². The summed E-state index contributed by atoms with van der Waals surface area (Å²) in [6, 6.07) is 0.311. The van der Waals surface area contributed by atoms with Gasteiger partial charge in [0.05, 0.1) is 12.5 Å². The molecule has 15 heavy (non-hydrogen) atoms. The molecule has 1 aliphatic heterocycles. The van der Waals surface area contributed by atoms with E-state index in [9.17, 15) is 4.79 Å². The molecular formula is C11H22N2O2. The first-order chi connectivity index (χ1) is 6.95. The Labute approximate surface area is 91.8 Å². The minimum atomic E-state index is -0.387. The molecule has 0 aromatic heterocycles. The first-order valence-electron chi connectivity index (χ1n) is 5.52. The van der Waals surface area contributed by atoms with Gasteiger partial charge in [0.2, 0.25) is 0 Å². The smallest absolute Gasteiger partial charge is 0.311 e. The molecule has 1 unspecified atom stereocenters. The van der Waals surface area contributed by atoms with Crippen molar-refractivity contribution in [1.82, 2.24) is 4.90 Å². The van der Waals surface area contributed by atoms with Gasteiger partial charge in [-0.2, -0.15) is 0 Å². The summed E-state index contributed by atoms with van der Waals surface area (Å²) in [6.45, 7) is 6.79. The number of methoxy groups -OCH3 is 1. The van der Waals surface area contributed by atoms with E-state index in [2.05, 4.69) is 4.90 Å². The number of esters is 1. The lowest BCUT2D eigenvalue weighted by atomic mass is 9.89. The topological polar surface area (TPSA) is 55.6 Å². The van der Waals surface area contributed by atoms with E-state index in [1.165, 1.54) is 7.11 Å². The molecular weight excluding hydrogens is 192 g/mol. The van der Waals surface area contributed by atoms with Crippen molar-refractivity contribution < 1.29 is 9.53 Å². The van der Waals surface area contributed by atoms with Crippen molar-refractivity contribution in [3.63, 3.8) is 0 Å². The monoisotopic (exact) mass is 214 g/mol. The molecule has 0 radical (unpaired) electrons. The van der Waals surface area contributed by atoms with Crippen LogP contribution in [0.4, 0.5) is 0 Å². The van der Waals surface area contributed by atoms with Crippen LogP contribution in [0.3, 0.4) is 0 Å². The predicted molar refractivity (Wildman–Crippen MR) is 59.4 cm³/mol. The summed E-state index contributed by atoms with van der Waals surface area (Å²) < 4.78 is 4.77. The van der Waals surface area contributed by atoms with Gasteiger partial charge in [0.25, 0.3) is 0 Å². The van der Waals surface area contributed by atoms with Gasteiger partial charge in [0, 0.05) is 12.6 Å². The molecule has 0 aromatic carbocycles. The van der Waals surface area contributed by atoms with Crippen molar-refractivity contribution in [1.29, 1.82) is 0 Å². The second-order valence-corrected chi connectivity index (χ2v) is 4.97. The van der Waals surface area contributed by atoms with Crippen LogP contribution in [0.5, 0.6) is 0 Å². The normalized spacial score (nSPS) is 23.1. The number of rotatable bonds is 4. The summed E-state index contributed by atoms with van der Waals surface area (Å²) in [5, 5.41) is 0. The molecule has 1 saturated heterocycles. The van der Waals surface area contributed by atoms with Gasteiger partial charge in [0.1, 0.15) is 0 Å². The molecule has 0 amide bonds. The van der Waals surface area contributed by atoms with Crippen LogP contribution in [-0.2, 0) is 9.53 Å². The molecule has 1 atom stereocenters. The highest BCUT2D eigenvalue weighted by molar-refractivity contribution is 5.75. The van der Waals surface area contributed by atoms with E-state index >= 15 is 0 Å². The molecule has 0 saturated carbocycles. The Morgan fingerprint density at radius 3 is 2.73 bits per heavy atom. The van der Waals surface area contributed by atoms with Crippen LogP contribution in [-0.4, -0.2) is 43.7 Å². The second-order valence-electron chi connectivity index (χ2n) is 4.97. The number of nitrogens with zero attached hydrogens (tertiary/aromatic N) is 1. The summed E-state index contributed by atoms with van der Waals surface area (Å²) in [5.41, 5.74) is 5.43. The van der Waals surface area contributed by atoms with Crippen LogP contribution in [0.15, 0.2) is 0 Å². The highest BCUT2D eigenvalue weighted by Gasteiger charge is 2.30. The fourth-order valence-corrected chi connectivity index (χ4v) is 1.88. The SMILES string of the molecule is COC(=O)C(C)(C)CCN1CCC(N)C1. The maximum Gasteiger partial charge on any atom is 0.311 e. The fourth-order valence-electron chi connectivity index (χ4n) is 1.88. The zero-order valence-corrected chi connectivity index (χ0v) is 9.95. The van der Waals surface area contributed by atoms with Crippen molar-refractivity contribution in [2.45, 2.75) is 32.7 Å². The number of nitrogens with two attached hydrogens (primary N) is 1. The summed E-state index contributed by atoms with van der Waals surface area (Å²) in [6.07, 6.45) is 1.89. The van der Waals surface area contributed by atoms with Crippen LogP contribution in [0.1, 0.15) is 26.7 Å².